The first-order chi connectivity index (χ1) is 10.0. The van der Waals surface area contributed by atoms with Crippen molar-refractivity contribution < 1.29 is 9.13 Å². The molecule has 0 amide bonds. The zero-order valence-electron chi connectivity index (χ0n) is 12.5. The fraction of sp³-hybridized carbons (Fsp3) is 0.294. The summed E-state index contributed by atoms with van der Waals surface area (Å²) in [6.45, 7) is 7.51. The Bertz CT molecular complexity index is 620. The second-order valence-corrected chi connectivity index (χ2v) is 5.81. The Morgan fingerprint density at radius 2 is 1.81 bits per heavy atom. The number of ether oxygens (including phenoxy) is 1. The highest BCUT2D eigenvalue weighted by atomic mass is 79.9. The van der Waals surface area contributed by atoms with Crippen molar-refractivity contribution in [3.05, 3.63) is 57.3 Å². The highest BCUT2D eigenvalue weighted by Gasteiger charge is 2.08. The van der Waals surface area contributed by atoms with Gasteiger partial charge in [-0.1, -0.05) is 28.9 Å². The summed E-state index contributed by atoms with van der Waals surface area (Å²) in [4.78, 5) is 0. The van der Waals surface area contributed by atoms with E-state index >= 15 is 0 Å². The zero-order valence-corrected chi connectivity index (χ0v) is 14.1. The van der Waals surface area contributed by atoms with Crippen LogP contribution in [0.25, 0.3) is 0 Å². The fourth-order valence-corrected chi connectivity index (χ4v) is 2.33. The standard InChI is InChI=1S/C17H19BrFNO/c1-4-20-10-13-5-6-16(15(19)9-13)21-14-7-11(2)17(18)12(3)8-14/h5-9,20H,4,10H2,1-3H3. The Morgan fingerprint density at radius 3 is 2.38 bits per heavy atom. The minimum atomic E-state index is -0.344. The van der Waals surface area contributed by atoms with Crippen LogP contribution in [0.2, 0.25) is 0 Å². The van der Waals surface area contributed by atoms with Gasteiger partial charge < -0.3 is 10.1 Å². The molecule has 0 saturated heterocycles. The van der Waals surface area contributed by atoms with Crippen molar-refractivity contribution in [2.45, 2.75) is 27.3 Å². The second kappa shape index (κ2) is 7.05. The van der Waals surface area contributed by atoms with Gasteiger partial charge in [-0.3, -0.25) is 0 Å². The van der Waals surface area contributed by atoms with Crippen LogP contribution in [-0.4, -0.2) is 6.54 Å². The molecule has 0 aliphatic carbocycles. The van der Waals surface area contributed by atoms with E-state index in [9.17, 15) is 4.39 Å². The van der Waals surface area contributed by atoms with Gasteiger partial charge in [0.25, 0.3) is 0 Å². The molecule has 0 aliphatic heterocycles. The summed E-state index contributed by atoms with van der Waals surface area (Å²) in [6, 6.07) is 8.84. The molecule has 4 heteroatoms. The number of aryl methyl sites for hydroxylation is 2. The van der Waals surface area contributed by atoms with Crippen LogP contribution < -0.4 is 10.1 Å². The summed E-state index contributed by atoms with van der Waals surface area (Å²) >= 11 is 3.51. The maximum atomic E-state index is 14.1. The van der Waals surface area contributed by atoms with Crippen LogP contribution in [0.3, 0.4) is 0 Å². The molecule has 0 bridgehead atoms. The molecule has 0 saturated carbocycles. The van der Waals surface area contributed by atoms with Crippen LogP contribution >= 0.6 is 15.9 Å². The van der Waals surface area contributed by atoms with Gasteiger partial charge in [-0.05, 0) is 61.3 Å². The topological polar surface area (TPSA) is 21.3 Å². The van der Waals surface area contributed by atoms with E-state index < -0.39 is 0 Å². The average Bonchev–Trinajstić information content (AvgIpc) is 2.45. The minimum absolute atomic E-state index is 0.247. The zero-order chi connectivity index (χ0) is 15.4. The lowest BCUT2D eigenvalue weighted by atomic mass is 10.1. The monoisotopic (exact) mass is 351 g/mol. The van der Waals surface area contributed by atoms with Crippen LogP contribution in [-0.2, 0) is 6.54 Å². The SMILES string of the molecule is CCNCc1ccc(Oc2cc(C)c(Br)c(C)c2)c(F)c1. The highest BCUT2D eigenvalue weighted by molar-refractivity contribution is 9.10. The van der Waals surface area contributed by atoms with Gasteiger partial charge in [-0.15, -0.1) is 0 Å². The van der Waals surface area contributed by atoms with Crippen LogP contribution in [0.1, 0.15) is 23.6 Å². The molecule has 112 valence electrons. The number of benzene rings is 2. The normalized spacial score (nSPS) is 10.7. The number of rotatable bonds is 5. The molecule has 2 rings (SSSR count). The maximum absolute atomic E-state index is 14.1. The molecule has 0 aromatic heterocycles. The van der Waals surface area contributed by atoms with Crippen molar-refractivity contribution in [1.29, 1.82) is 0 Å². The van der Waals surface area contributed by atoms with Gasteiger partial charge in [0.05, 0.1) is 0 Å². The van der Waals surface area contributed by atoms with E-state index in [2.05, 4.69) is 21.2 Å². The lowest BCUT2D eigenvalue weighted by Gasteiger charge is -2.11. The largest absolute Gasteiger partial charge is 0.454 e. The van der Waals surface area contributed by atoms with E-state index in [-0.39, 0.29) is 11.6 Å². The van der Waals surface area contributed by atoms with E-state index in [1.54, 1.807) is 6.07 Å². The predicted octanol–water partition coefficient (Wildman–Crippen LogP) is 5.11. The third-order valence-corrected chi connectivity index (χ3v) is 4.46. The summed E-state index contributed by atoms with van der Waals surface area (Å²) in [5.74, 6) is 0.548. The Balaban J connectivity index is 2.20. The second-order valence-electron chi connectivity index (χ2n) is 5.02. The summed E-state index contributed by atoms with van der Waals surface area (Å²) < 4.78 is 20.8. The van der Waals surface area contributed by atoms with E-state index in [0.717, 1.165) is 27.7 Å². The Kier molecular flexibility index (Phi) is 5.37. The number of hydrogen-bond donors (Lipinski definition) is 1. The smallest absolute Gasteiger partial charge is 0.166 e. The van der Waals surface area contributed by atoms with Gasteiger partial charge in [0.2, 0.25) is 0 Å². The molecule has 0 spiro atoms. The summed E-state index contributed by atoms with van der Waals surface area (Å²) in [5.41, 5.74) is 3.04. The first-order valence-electron chi connectivity index (χ1n) is 6.95. The molecular weight excluding hydrogens is 333 g/mol. The van der Waals surface area contributed by atoms with Gasteiger partial charge in [0.15, 0.2) is 11.6 Å². The Hall–Kier alpha value is -1.39. The predicted molar refractivity (Wildman–Crippen MR) is 87.5 cm³/mol. The number of nitrogens with one attached hydrogen (secondary N) is 1. The van der Waals surface area contributed by atoms with Crippen LogP contribution in [0, 0.1) is 19.7 Å². The lowest BCUT2D eigenvalue weighted by Crippen LogP contribution is -2.11. The molecule has 0 aliphatic rings. The quantitative estimate of drug-likeness (QED) is 0.808. The highest BCUT2D eigenvalue weighted by Crippen LogP contribution is 2.30. The van der Waals surface area contributed by atoms with Gasteiger partial charge in [-0.25, -0.2) is 4.39 Å². The first-order valence-corrected chi connectivity index (χ1v) is 7.74. The Morgan fingerprint density at radius 1 is 1.14 bits per heavy atom. The fourth-order valence-electron chi connectivity index (χ4n) is 2.10. The molecule has 0 atom stereocenters. The van der Waals surface area contributed by atoms with Crippen LogP contribution in [0.5, 0.6) is 11.5 Å². The third-order valence-electron chi connectivity index (χ3n) is 3.21. The van der Waals surface area contributed by atoms with E-state index in [1.165, 1.54) is 6.07 Å². The van der Waals surface area contributed by atoms with Gasteiger partial charge >= 0.3 is 0 Å². The summed E-state index contributed by atoms with van der Waals surface area (Å²) in [6.07, 6.45) is 0. The molecule has 2 aromatic rings. The summed E-state index contributed by atoms with van der Waals surface area (Å²) in [5, 5.41) is 3.17. The van der Waals surface area contributed by atoms with Crippen molar-refractivity contribution in [2.24, 2.45) is 0 Å². The molecule has 2 aromatic carbocycles. The molecule has 0 unspecified atom stereocenters. The first kappa shape index (κ1) is 16.0. The van der Waals surface area contributed by atoms with Gasteiger partial charge in [0, 0.05) is 11.0 Å². The van der Waals surface area contributed by atoms with Crippen molar-refractivity contribution in [3.63, 3.8) is 0 Å². The van der Waals surface area contributed by atoms with Gasteiger partial charge in [0.1, 0.15) is 5.75 Å². The van der Waals surface area contributed by atoms with Crippen LogP contribution in [0.4, 0.5) is 4.39 Å². The lowest BCUT2D eigenvalue weighted by molar-refractivity contribution is 0.440. The molecule has 1 N–H and O–H groups in total. The average molecular weight is 352 g/mol. The summed E-state index contributed by atoms with van der Waals surface area (Å²) in [7, 11) is 0. The third kappa shape index (κ3) is 4.05. The van der Waals surface area contributed by atoms with E-state index in [4.69, 9.17) is 4.74 Å². The number of halogens is 2. The van der Waals surface area contributed by atoms with E-state index in [0.29, 0.717) is 12.3 Å². The molecule has 21 heavy (non-hydrogen) atoms. The van der Waals surface area contributed by atoms with Crippen molar-refractivity contribution in [3.8, 4) is 11.5 Å². The molecule has 0 heterocycles. The maximum Gasteiger partial charge on any atom is 0.166 e. The van der Waals surface area contributed by atoms with Crippen molar-refractivity contribution in [2.75, 3.05) is 6.54 Å². The van der Waals surface area contributed by atoms with Crippen molar-refractivity contribution >= 4 is 15.9 Å². The Labute approximate surface area is 133 Å². The molecular formula is C17H19BrFNO. The minimum Gasteiger partial charge on any atom is -0.454 e. The molecule has 2 nitrogen and oxygen atoms in total. The van der Waals surface area contributed by atoms with Crippen molar-refractivity contribution in [1.82, 2.24) is 5.32 Å². The molecule has 0 fully saturated rings. The number of hydrogen-bond acceptors (Lipinski definition) is 2. The van der Waals surface area contributed by atoms with Crippen LogP contribution in [0.15, 0.2) is 34.8 Å². The molecule has 0 radical (unpaired) electrons. The van der Waals surface area contributed by atoms with E-state index in [1.807, 2.05) is 39.0 Å². The van der Waals surface area contributed by atoms with Gasteiger partial charge in [-0.2, -0.15) is 0 Å².